The second kappa shape index (κ2) is 8.77. The van der Waals surface area contributed by atoms with E-state index in [2.05, 4.69) is 22.8 Å². The zero-order valence-electron chi connectivity index (χ0n) is 15.8. The third-order valence-corrected chi connectivity index (χ3v) is 4.89. The predicted octanol–water partition coefficient (Wildman–Crippen LogP) is 2.87. The smallest absolute Gasteiger partial charge is 0.341 e. The van der Waals surface area contributed by atoms with E-state index in [1.54, 1.807) is 7.11 Å². The second-order valence-corrected chi connectivity index (χ2v) is 6.73. The minimum atomic E-state index is -0.969. The van der Waals surface area contributed by atoms with Gasteiger partial charge in [-0.3, -0.25) is 4.90 Å². The first kappa shape index (κ1) is 19.0. The van der Waals surface area contributed by atoms with Gasteiger partial charge in [0, 0.05) is 37.8 Å². The highest BCUT2D eigenvalue weighted by molar-refractivity contribution is 5.68. The molecule has 6 heteroatoms. The molecular formula is C21H26N2O4. The number of methoxy groups -OCH3 is 1. The number of anilines is 1. The molecule has 1 heterocycles. The number of nitrogens with zero attached hydrogens (tertiary/aromatic N) is 2. The number of hydrogen-bond donors (Lipinski definition) is 1. The van der Waals surface area contributed by atoms with E-state index < -0.39 is 5.97 Å². The van der Waals surface area contributed by atoms with E-state index in [1.807, 2.05) is 42.5 Å². The van der Waals surface area contributed by atoms with E-state index in [-0.39, 0.29) is 6.61 Å². The van der Waals surface area contributed by atoms with Crippen molar-refractivity contribution in [2.45, 2.75) is 19.5 Å². The predicted molar refractivity (Wildman–Crippen MR) is 105 cm³/mol. The number of carbonyl (C=O) groups is 1. The van der Waals surface area contributed by atoms with Crippen LogP contribution in [0.15, 0.2) is 48.5 Å². The van der Waals surface area contributed by atoms with Crippen LogP contribution in [0.1, 0.15) is 12.5 Å². The molecule has 0 bridgehead atoms. The maximum Gasteiger partial charge on any atom is 0.341 e. The number of benzene rings is 2. The molecule has 1 aliphatic rings. The number of hydrogen-bond acceptors (Lipinski definition) is 5. The van der Waals surface area contributed by atoms with Gasteiger partial charge in [0.1, 0.15) is 11.5 Å². The van der Waals surface area contributed by atoms with E-state index in [9.17, 15) is 4.79 Å². The van der Waals surface area contributed by atoms with Crippen molar-refractivity contribution >= 4 is 11.7 Å². The van der Waals surface area contributed by atoms with E-state index in [1.165, 1.54) is 0 Å². The molecule has 0 saturated carbocycles. The van der Waals surface area contributed by atoms with Crippen molar-refractivity contribution in [3.8, 4) is 11.5 Å². The molecule has 3 rings (SSSR count). The molecule has 0 aliphatic carbocycles. The van der Waals surface area contributed by atoms with E-state index >= 15 is 0 Å². The zero-order chi connectivity index (χ0) is 19.2. The Hall–Kier alpha value is -2.73. The Bertz CT molecular complexity index is 780. The molecule has 144 valence electrons. The summed E-state index contributed by atoms with van der Waals surface area (Å²) in [7, 11) is 1.70. The van der Waals surface area contributed by atoms with Crippen LogP contribution < -0.4 is 14.4 Å². The summed E-state index contributed by atoms with van der Waals surface area (Å²) in [5.41, 5.74) is 2.13. The van der Waals surface area contributed by atoms with Crippen molar-refractivity contribution < 1.29 is 19.4 Å². The maximum atomic E-state index is 10.8. The second-order valence-electron chi connectivity index (χ2n) is 6.73. The zero-order valence-corrected chi connectivity index (χ0v) is 15.8. The minimum absolute atomic E-state index is 0.325. The van der Waals surface area contributed by atoms with Gasteiger partial charge in [0.05, 0.1) is 12.8 Å². The van der Waals surface area contributed by atoms with Crippen molar-refractivity contribution in [1.29, 1.82) is 0 Å². The minimum Gasteiger partial charge on any atom is -0.495 e. The summed E-state index contributed by atoms with van der Waals surface area (Å²) in [6, 6.07) is 16.1. The van der Waals surface area contributed by atoms with Crippen LogP contribution in [0.5, 0.6) is 11.5 Å². The summed E-state index contributed by atoms with van der Waals surface area (Å²) in [5, 5.41) is 8.86. The van der Waals surface area contributed by atoms with Crippen molar-refractivity contribution in [1.82, 2.24) is 4.90 Å². The molecule has 2 aromatic rings. The van der Waals surface area contributed by atoms with Crippen molar-refractivity contribution in [3.63, 3.8) is 0 Å². The van der Waals surface area contributed by atoms with Crippen LogP contribution in [0.4, 0.5) is 5.69 Å². The number of piperazine rings is 1. The van der Waals surface area contributed by atoms with Crippen LogP contribution in [0.2, 0.25) is 0 Å². The van der Waals surface area contributed by atoms with Gasteiger partial charge in [0.15, 0.2) is 6.61 Å². The Balaban J connectivity index is 1.67. The molecule has 1 aliphatic heterocycles. The summed E-state index contributed by atoms with van der Waals surface area (Å²) in [4.78, 5) is 15.5. The lowest BCUT2D eigenvalue weighted by atomic mass is 10.1. The highest BCUT2D eigenvalue weighted by Gasteiger charge is 2.26. The third-order valence-electron chi connectivity index (χ3n) is 4.89. The van der Waals surface area contributed by atoms with Crippen LogP contribution in [0, 0.1) is 0 Å². The normalized spacial score (nSPS) is 17.6. The van der Waals surface area contributed by atoms with Gasteiger partial charge in [-0.05, 0) is 25.1 Å². The van der Waals surface area contributed by atoms with Crippen LogP contribution in [-0.2, 0) is 11.3 Å². The lowest BCUT2D eigenvalue weighted by Crippen LogP contribution is -2.51. The maximum absolute atomic E-state index is 10.8. The fourth-order valence-corrected chi connectivity index (χ4v) is 3.47. The van der Waals surface area contributed by atoms with Crippen LogP contribution in [-0.4, -0.2) is 55.4 Å². The number of aliphatic carboxylic acids is 1. The molecular weight excluding hydrogens is 344 g/mol. The SMILES string of the molecule is COc1ccccc1N1CCN(Cc2ccccc2OCC(=O)O)C(C)C1. The fraction of sp³-hybridized carbons (Fsp3) is 0.381. The van der Waals surface area contributed by atoms with E-state index in [4.69, 9.17) is 14.6 Å². The average Bonchev–Trinajstić information content (AvgIpc) is 2.68. The monoisotopic (exact) mass is 370 g/mol. The molecule has 0 aromatic heterocycles. The lowest BCUT2D eigenvalue weighted by Gasteiger charge is -2.41. The Labute approximate surface area is 159 Å². The average molecular weight is 370 g/mol. The first-order valence-electron chi connectivity index (χ1n) is 9.13. The van der Waals surface area contributed by atoms with Gasteiger partial charge >= 0.3 is 5.97 Å². The van der Waals surface area contributed by atoms with Crippen molar-refractivity contribution in [3.05, 3.63) is 54.1 Å². The molecule has 1 atom stereocenters. The summed E-state index contributed by atoms with van der Waals surface area (Å²) in [6.45, 7) is 5.33. The van der Waals surface area contributed by atoms with Crippen molar-refractivity contribution in [2.75, 3.05) is 38.3 Å². The van der Waals surface area contributed by atoms with Crippen LogP contribution >= 0.6 is 0 Å². The molecule has 0 amide bonds. The molecule has 1 fully saturated rings. The topological polar surface area (TPSA) is 62.2 Å². The number of ether oxygens (including phenoxy) is 2. The van der Waals surface area contributed by atoms with Gasteiger partial charge in [0.2, 0.25) is 0 Å². The Kier molecular flexibility index (Phi) is 6.19. The first-order valence-corrected chi connectivity index (χ1v) is 9.13. The Morgan fingerprint density at radius 2 is 1.81 bits per heavy atom. The molecule has 2 aromatic carbocycles. The summed E-state index contributed by atoms with van der Waals surface area (Å²) >= 11 is 0. The van der Waals surface area contributed by atoms with Crippen LogP contribution in [0.3, 0.4) is 0 Å². The number of rotatable bonds is 7. The van der Waals surface area contributed by atoms with Gasteiger partial charge < -0.3 is 19.5 Å². The van der Waals surface area contributed by atoms with E-state index in [0.717, 1.165) is 43.2 Å². The molecule has 0 spiro atoms. The Morgan fingerprint density at radius 3 is 2.52 bits per heavy atom. The lowest BCUT2D eigenvalue weighted by molar-refractivity contribution is -0.139. The highest BCUT2D eigenvalue weighted by Crippen LogP contribution is 2.30. The molecule has 0 radical (unpaired) electrons. The first-order chi connectivity index (χ1) is 13.1. The summed E-state index contributed by atoms with van der Waals surface area (Å²) < 4.78 is 10.9. The molecule has 1 saturated heterocycles. The van der Waals surface area contributed by atoms with Gasteiger partial charge in [-0.25, -0.2) is 4.79 Å². The Morgan fingerprint density at radius 1 is 1.11 bits per heavy atom. The third kappa shape index (κ3) is 4.71. The van der Waals surface area contributed by atoms with Gasteiger partial charge in [-0.15, -0.1) is 0 Å². The fourth-order valence-electron chi connectivity index (χ4n) is 3.47. The number of carboxylic acids is 1. The van der Waals surface area contributed by atoms with Crippen molar-refractivity contribution in [2.24, 2.45) is 0 Å². The molecule has 27 heavy (non-hydrogen) atoms. The number of para-hydroxylation sites is 3. The quantitative estimate of drug-likeness (QED) is 0.809. The molecule has 1 N–H and O–H groups in total. The highest BCUT2D eigenvalue weighted by atomic mass is 16.5. The van der Waals surface area contributed by atoms with Crippen LogP contribution in [0.25, 0.3) is 0 Å². The van der Waals surface area contributed by atoms with E-state index in [0.29, 0.717) is 11.8 Å². The van der Waals surface area contributed by atoms with Gasteiger partial charge in [-0.1, -0.05) is 30.3 Å². The number of carboxylic acid groups (broad SMARTS) is 1. The molecule has 1 unspecified atom stereocenters. The summed E-state index contributed by atoms with van der Waals surface area (Å²) in [5.74, 6) is 0.563. The van der Waals surface area contributed by atoms with Gasteiger partial charge in [0.25, 0.3) is 0 Å². The summed E-state index contributed by atoms with van der Waals surface area (Å²) in [6.07, 6.45) is 0. The largest absolute Gasteiger partial charge is 0.495 e. The van der Waals surface area contributed by atoms with Gasteiger partial charge in [-0.2, -0.15) is 0 Å². The molecule has 6 nitrogen and oxygen atoms in total. The standard InChI is InChI=1S/C21H26N2O4/c1-16-13-23(18-8-4-6-10-20(18)26-2)12-11-22(16)14-17-7-3-5-9-19(17)27-15-21(24)25/h3-10,16H,11-15H2,1-2H3,(H,24,25).